The molecule has 0 bridgehead atoms. The van der Waals surface area contributed by atoms with Crippen molar-refractivity contribution in [3.05, 3.63) is 47.9 Å². The average molecular weight is 253 g/mol. The second-order valence-corrected chi connectivity index (χ2v) is 4.16. The van der Waals surface area contributed by atoms with E-state index in [4.69, 9.17) is 5.73 Å². The van der Waals surface area contributed by atoms with E-state index in [1.54, 1.807) is 30.1 Å². The lowest BCUT2D eigenvalue weighted by atomic mass is 10.1. The summed E-state index contributed by atoms with van der Waals surface area (Å²) in [5.41, 5.74) is 7.10. The van der Waals surface area contributed by atoms with Crippen molar-refractivity contribution in [2.75, 3.05) is 0 Å². The maximum atomic E-state index is 11.3. The number of nitrogens with two attached hydrogens (primary N) is 1. The number of hydrogen-bond donors (Lipinski definition) is 1. The van der Waals surface area contributed by atoms with Crippen LogP contribution in [0.3, 0.4) is 0 Å². The lowest BCUT2D eigenvalue weighted by Crippen LogP contribution is -2.15. The number of amides is 1. The van der Waals surface area contributed by atoms with Gasteiger partial charge in [0, 0.05) is 35.1 Å². The van der Waals surface area contributed by atoms with Crippen LogP contribution in [0.4, 0.5) is 0 Å². The van der Waals surface area contributed by atoms with E-state index in [1.807, 2.05) is 18.3 Å². The number of primary amides is 1. The molecule has 3 rings (SSSR count). The third-order valence-corrected chi connectivity index (χ3v) is 2.94. The molecule has 0 aromatic carbocycles. The third-order valence-electron chi connectivity index (χ3n) is 2.94. The van der Waals surface area contributed by atoms with Crippen molar-refractivity contribution in [3.63, 3.8) is 0 Å². The van der Waals surface area contributed by atoms with Gasteiger partial charge >= 0.3 is 0 Å². The first-order valence-electron chi connectivity index (χ1n) is 5.73. The summed E-state index contributed by atoms with van der Waals surface area (Å²) >= 11 is 0. The normalized spacial score (nSPS) is 10.8. The third kappa shape index (κ3) is 1.83. The monoisotopic (exact) mass is 253 g/mol. The van der Waals surface area contributed by atoms with Crippen LogP contribution in [0.1, 0.15) is 15.9 Å². The van der Waals surface area contributed by atoms with Crippen molar-refractivity contribution in [2.24, 2.45) is 5.73 Å². The van der Waals surface area contributed by atoms with Crippen molar-refractivity contribution in [3.8, 4) is 5.82 Å². The highest BCUT2D eigenvalue weighted by Crippen LogP contribution is 2.17. The minimum Gasteiger partial charge on any atom is -0.366 e. The molecule has 0 radical (unpaired) electrons. The topological polar surface area (TPSA) is 86.7 Å². The molecule has 0 atom stereocenters. The maximum Gasteiger partial charge on any atom is 0.249 e. The van der Waals surface area contributed by atoms with Crippen molar-refractivity contribution >= 4 is 16.9 Å². The first-order valence-corrected chi connectivity index (χ1v) is 5.73. The number of aromatic nitrogens is 4. The average Bonchev–Trinajstić information content (AvgIpc) is 2.82. The molecule has 0 unspecified atom stereocenters. The van der Waals surface area contributed by atoms with Gasteiger partial charge in [-0.25, -0.2) is 14.6 Å². The molecule has 0 saturated carbocycles. The summed E-state index contributed by atoms with van der Waals surface area (Å²) in [5.74, 6) is 0.102. The molecule has 6 heteroatoms. The molecule has 0 spiro atoms. The molecule has 2 N–H and O–H groups in total. The van der Waals surface area contributed by atoms with Crippen molar-refractivity contribution in [1.82, 2.24) is 19.7 Å². The summed E-state index contributed by atoms with van der Waals surface area (Å²) in [4.78, 5) is 19.7. The van der Waals surface area contributed by atoms with Crippen molar-refractivity contribution in [1.29, 1.82) is 0 Å². The molecule has 1 amide bonds. The molecule has 3 aromatic rings. The molecule has 3 aromatic heterocycles. The fourth-order valence-corrected chi connectivity index (χ4v) is 1.99. The van der Waals surface area contributed by atoms with Crippen LogP contribution in [0, 0.1) is 6.92 Å². The predicted molar refractivity (Wildman–Crippen MR) is 69.9 cm³/mol. The summed E-state index contributed by atoms with van der Waals surface area (Å²) in [6.07, 6.45) is 5.05. The molecule has 6 nitrogen and oxygen atoms in total. The first kappa shape index (κ1) is 11.3. The maximum absolute atomic E-state index is 11.3. The minimum absolute atomic E-state index is 0.442. The van der Waals surface area contributed by atoms with Gasteiger partial charge in [0.15, 0.2) is 11.5 Å². The number of carbonyl (C=O) groups excluding carboxylic acids is 1. The zero-order valence-corrected chi connectivity index (χ0v) is 10.2. The van der Waals surface area contributed by atoms with Crippen LogP contribution in [0.2, 0.25) is 0 Å². The predicted octanol–water partition coefficient (Wildman–Crippen LogP) is 1.22. The zero-order chi connectivity index (χ0) is 13.4. The van der Waals surface area contributed by atoms with E-state index >= 15 is 0 Å². The van der Waals surface area contributed by atoms with Gasteiger partial charge < -0.3 is 5.73 Å². The standard InChI is InChI=1S/C13H11N5O/c1-8-10(11(14)19)4-6-16-13(8)18-7-9-3-2-5-15-12(9)17-18/h2-7H,1H3,(H2,14,19). The summed E-state index contributed by atoms with van der Waals surface area (Å²) in [5, 5.41) is 5.25. The van der Waals surface area contributed by atoms with Crippen LogP contribution >= 0.6 is 0 Å². The number of rotatable bonds is 2. The number of fused-ring (bicyclic) bond motifs is 1. The van der Waals surface area contributed by atoms with E-state index in [-0.39, 0.29) is 0 Å². The smallest absolute Gasteiger partial charge is 0.249 e. The van der Waals surface area contributed by atoms with Gasteiger partial charge in [-0.05, 0) is 25.1 Å². The molecule has 0 saturated heterocycles. The Morgan fingerprint density at radius 2 is 2.11 bits per heavy atom. The van der Waals surface area contributed by atoms with Gasteiger partial charge in [-0.2, -0.15) is 0 Å². The van der Waals surface area contributed by atoms with Crippen LogP contribution < -0.4 is 5.73 Å². The Balaban J connectivity index is 2.21. The molecular weight excluding hydrogens is 242 g/mol. The fraction of sp³-hybridized carbons (Fsp3) is 0.0769. The lowest BCUT2D eigenvalue weighted by molar-refractivity contribution is 0.0999. The molecule has 3 heterocycles. The lowest BCUT2D eigenvalue weighted by Gasteiger charge is -2.07. The Hall–Kier alpha value is -2.76. The summed E-state index contributed by atoms with van der Waals surface area (Å²) in [6.45, 7) is 1.79. The van der Waals surface area contributed by atoms with Gasteiger partial charge in [-0.1, -0.05) is 0 Å². The Morgan fingerprint density at radius 3 is 2.84 bits per heavy atom. The van der Waals surface area contributed by atoms with Crippen LogP contribution in [0.25, 0.3) is 16.9 Å². The quantitative estimate of drug-likeness (QED) is 0.744. The number of nitrogens with zero attached hydrogens (tertiary/aromatic N) is 4. The highest BCUT2D eigenvalue weighted by molar-refractivity contribution is 5.94. The highest BCUT2D eigenvalue weighted by Gasteiger charge is 2.12. The van der Waals surface area contributed by atoms with Gasteiger partial charge in [0.1, 0.15) is 0 Å². The van der Waals surface area contributed by atoms with Crippen LogP contribution in [0.15, 0.2) is 36.8 Å². The number of pyridine rings is 2. The van der Waals surface area contributed by atoms with Crippen molar-refractivity contribution in [2.45, 2.75) is 6.92 Å². The molecule has 94 valence electrons. The van der Waals surface area contributed by atoms with Crippen molar-refractivity contribution < 1.29 is 4.79 Å². The van der Waals surface area contributed by atoms with Gasteiger partial charge in [0.05, 0.1) is 0 Å². The Labute approximate surface area is 108 Å². The zero-order valence-electron chi connectivity index (χ0n) is 10.2. The molecule has 0 fully saturated rings. The summed E-state index contributed by atoms with van der Waals surface area (Å²) in [7, 11) is 0. The van der Waals surface area contributed by atoms with Crippen LogP contribution in [-0.2, 0) is 0 Å². The van der Waals surface area contributed by atoms with Gasteiger partial charge in [0.2, 0.25) is 5.91 Å². The van der Waals surface area contributed by atoms with E-state index in [0.29, 0.717) is 22.6 Å². The largest absolute Gasteiger partial charge is 0.366 e. The van der Waals surface area contributed by atoms with E-state index < -0.39 is 5.91 Å². The summed E-state index contributed by atoms with van der Waals surface area (Å²) in [6, 6.07) is 5.36. The minimum atomic E-state index is -0.476. The first-order chi connectivity index (χ1) is 9.16. The van der Waals surface area contributed by atoms with Gasteiger partial charge in [-0.15, -0.1) is 5.10 Å². The van der Waals surface area contributed by atoms with Crippen LogP contribution in [0.5, 0.6) is 0 Å². The Kier molecular flexibility index (Phi) is 2.49. The molecule has 0 aliphatic rings. The number of hydrogen-bond acceptors (Lipinski definition) is 4. The molecule has 0 aliphatic heterocycles. The summed E-state index contributed by atoms with van der Waals surface area (Å²) < 4.78 is 1.61. The van der Waals surface area contributed by atoms with E-state index in [9.17, 15) is 4.79 Å². The second-order valence-electron chi connectivity index (χ2n) is 4.16. The fourth-order valence-electron chi connectivity index (χ4n) is 1.99. The molecular formula is C13H11N5O. The van der Waals surface area contributed by atoms with Gasteiger partial charge in [0.25, 0.3) is 0 Å². The second kappa shape index (κ2) is 4.16. The Bertz CT molecular complexity index is 745. The van der Waals surface area contributed by atoms with E-state index in [1.165, 1.54) is 0 Å². The molecule has 0 aliphatic carbocycles. The Morgan fingerprint density at radius 1 is 1.26 bits per heavy atom. The molecule has 19 heavy (non-hydrogen) atoms. The van der Waals surface area contributed by atoms with E-state index in [0.717, 1.165) is 5.39 Å². The number of carbonyl (C=O) groups is 1. The van der Waals surface area contributed by atoms with Gasteiger partial charge in [-0.3, -0.25) is 4.79 Å². The SMILES string of the molecule is Cc1c(C(N)=O)ccnc1-n1cc2cccnc2n1. The van der Waals surface area contributed by atoms with Crippen LogP contribution in [-0.4, -0.2) is 25.7 Å². The van der Waals surface area contributed by atoms with E-state index in [2.05, 4.69) is 15.1 Å². The highest BCUT2D eigenvalue weighted by atomic mass is 16.1.